The Morgan fingerprint density at radius 3 is 2.43 bits per heavy atom. The van der Waals surface area contributed by atoms with Gasteiger partial charge in [-0.05, 0) is 67.1 Å². The number of carbonyl (C=O) groups excluding carboxylic acids is 2. The summed E-state index contributed by atoms with van der Waals surface area (Å²) in [4.78, 5) is 28.4. The number of benzene rings is 2. The first-order chi connectivity index (χ1) is 14.5. The third-order valence-corrected chi connectivity index (χ3v) is 4.55. The van der Waals surface area contributed by atoms with Gasteiger partial charge in [0.1, 0.15) is 0 Å². The van der Waals surface area contributed by atoms with Crippen LogP contribution in [0.3, 0.4) is 0 Å². The number of carbonyl (C=O) groups is 2. The van der Waals surface area contributed by atoms with Gasteiger partial charge in [0.15, 0.2) is 11.5 Å². The average molecular weight is 468 g/mol. The van der Waals surface area contributed by atoms with Crippen LogP contribution in [0.4, 0.5) is 0 Å². The van der Waals surface area contributed by atoms with Crippen LogP contribution in [0.15, 0.2) is 70.4 Å². The van der Waals surface area contributed by atoms with Gasteiger partial charge in [0.05, 0.1) is 24.5 Å². The zero-order chi connectivity index (χ0) is 21.5. The highest BCUT2D eigenvalue weighted by molar-refractivity contribution is 9.10. The number of nitrogens with zero attached hydrogens (tertiary/aromatic N) is 2. The first-order valence-corrected chi connectivity index (χ1v) is 9.67. The maximum Gasteiger partial charge on any atom is 0.343 e. The first kappa shape index (κ1) is 21.2. The first-order valence-electron chi connectivity index (χ1n) is 8.88. The highest BCUT2D eigenvalue weighted by atomic mass is 79.9. The molecule has 30 heavy (non-hydrogen) atoms. The molecular formula is C22H18BrN3O4. The second-order valence-corrected chi connectivity index (χ2v) is 7.11. The van der Waals surface area contributed by atoms with Gasteiger partial charge in [-0.3, -0.25) is 9.78 Å². The van der Waals surface area contributed by atoms with E-state index < -0.39 is 5.97 Å². The number of aryl methyl sites for hydroxylation is 1. The summed E-state index contributed by atoms with van der Waals surface area (Å²) in [5.74, 6) is -0.234. The van der Waals surface area contributed by atoms with Gasteiger partial charge in [-0.2, -0.15) is 5.10 Å². The number of esters is 1. The molecule has 2 aromatic carbocycles. The molecule has 3 rings (SSSR count). The largest absolute Gasteiger partial charge is 0.493 e. The minimum atomic E-state index is -0.499. The molecule has 0 unspecified atom stereocenters. The normalized spacial score (nSPS) is 10.6. The average Bonchev–Trinajstić information content (AvgIpc) is 2.75. The number of halogens is 1. The molecule has 0 atom stereocenters. The highest BCUT2D eigenvalue weighted by Gasteiger charge is 2.13. The quantitative estimate of drug-likeness (QED) is 0.254. The Balaban J connectivity index is 1.66. The predicted molar refractivity (Wildman–Crippen MR) is 116 cm³/mol. The van der Waals surface area contributed by atoms with Crippen molar-refractivity contribution in [3.05, 3.63) is 87.7 Å². The molecule has 1 aromatic heterocycles. The number of methoxy groups -OCH3 is 1. The minimum absolute atomic E-state index is 0.275. The number of ether oxygens (including phenoxy) is 2. The summed E-state index contributed by atoms with van der Waals surface area (Å²) in [6, 6.07) is 15.2. The van der Waals surface area contributed by atoms with Gasteiger partial charge in [-0.1, -0.05) is 15.9 Å². The van der Waals surface area contributed by atoms with Gasteiger partial charge in [-0.25, -0.2) is 10.2 Å². The van der Waals surface area contributed by atoms with Crippen molar-refractivity contribution in [3.63, 3.8) is 0 Å². The van der Waals surface area contributed by atoms with E-state index in [-0.39, 0.29) is 11.7 Å². The van der Waals surface area contributed by atoms with Gasteiger partial charge in [0.25, 0.3) is 5.91 Å². The molecule has 1 heterocycles. The summed E-state index contributed by atoms with van der Waals surface area (Å²) in [7, 11) is 1.47. The molecule has 7 nitrogen and oxygen atoms in total. The van der Waals surface area contributed by atoms with Crippen LogP contribution in [0.25, 0.3) is 0 Å². The number of amides is 1. The Kier molecular flexibility index (Phi) is 6.92. The van der Waals surface area contributed by atoms with Gasteiger partial charge in [0, 0.05) is 16.4 Å². The van der Waals surface area contributed by atoms with E-state index in [9.17, 15) is 9.59 Å². The number of hydrogen-bond acceptors (Lipinski definition) is 6. The molecule has 0 radical (unpaired) electrons. The number of hydrazone groups is 1. The van der Waals surface area contributed by atoms with E-state index in [1.54, 1.807) is 54.6 Å². The second-order valence-electron chi connectivity index (χ2n) is 6.19. The summed E-state index contributed by atoms with van der Waals surface area (Å²) < 4.78 is 11.6. The Hall–Kier alpha value is -3.52. The smallest absolute Gasteiger partial charge is 0.343 e. The van der Waals surface area contributed by atoms with E-state index >= 15 is 0 Å². The van der Waals surface area contributed by atoms with E-state index in [0.29, 0.717) is 22.4 Å². The van der Waals surface area contributed by atoms with E-state index in [1.807, 2.05) is 6.92 Å². The lowest BCUT2D eigenvalue weighted by atomic mass is 10.2. The SMILES string of the molecule is COc1cc(/C=N\NC(=O)c2ccc(C)nc2)ccc1OC(=O)c1ccc(Br)cc1. The lowest BCUT2D eigenvalue weighted by molar-refractivity contribution is 0.0729. The monoisotopic (exact) mass is 467 g/mol. The molecule has 1 amide bonds. The third kappa shape index (κ3) is 5.51. The zero-order valence-corrected chi connectivity index (χ0v) is 17.8. The lowest BCUT2D eigenvalue weighted by Crippen LogP contribution is -2.17. The predicted octanol–water partition coefficient (Wildman–Crippen LogP) is 4.14. The van der Waals surface area contributed by atoms with Gasteiger partial charge in [-0.15, -0.1) is 0 Å². The molecule has 0 fully saturated rings. The van der Waals surface area contributed by atoms with E-state index in [4.69, 9.17) is 9.47 Å². The molecule has 3 aromatic rings. The number of hydrogen-bond donors (Lipinski definition) is 1. The summed E-state index contributed by atoms with van der Waals surface area (Å²) in [5, 5.41) is 3.94. The van der Waals surface area contributed by atoms with Gasteiger partial charge < -0.3 is 9.47 Å². The Bertz CT molecular complexity index is 1080. The van der Waals surface area contributed by atoms with Crippen molar-refractivity contribution in [1.29, 1.82) is 0 Å². The zero-order valence-electron chi connectivity index (χ0n) is 16.3. The van der Waals surface area contributed by atoms with Crippen LogP contribution in [-0.2, 0) is 0 Å². The number of rotatable bonds is 6. The van der Waals surface area contributed by atoms with Crippen molar-refractivity contribution in [2.75, 3.05) is 7.11 Å². The Morgan fingerprint density at radius 2 is 1.77 bits per heavy atom. The molecule has 152 valence electrons. The van der Waals surface area contributed by atoms with Crippen LogP contribution in [0.1, 0.15) is 32.0 Å². The Labute approximate surface area is 181 Å². The van der Waals surface area contributed by atoms with Gasteiger partial charge in [0.2, 0.25) is 0 Å². The fourth-order valence-electron chi connectivity index (χ4n) is 2.43. The van der Waals surface area contributed by atoms with Crippen molar-refractivity contribution in [3.8, 4) is 11.5 Å². The van der Waals surface area contributed by atoms with Crippen LogP contribution in [0.2, 0.25) is 0 Å². The molecule has 1 N–H and O–H groups in total. The van der Waals surface area contributed by atoms with Crippen molar-refractivity contribution in [2.45, 2.75) is 6.92 Å². The molecule has 0 saturated carbocycles. The van der Waals surface area contributed by atoms with Crippen LogP contribution < -0.4 is 14.9 Å². The molecule has 0 spiro atoms. The molecule has 0 aliphatic rings. The number of pyridine rings is 1. The summed E-state index contributed by atoms with van der Waals surface area (Å²) >= 11 is 3.32. The Morgan fingerprint density at radius 1 is 1.03 bits per heavy atom. The van der Waals surface area contributed by atoms with E-state index in [2.05, 4.69) is 31.4 Å². The lowest BCUT2D eigenvalue weighted by Gasteiger charge is -2.10. The molecule has 0 aliphatic carbocycles. The maximum atomic E-state index is 12.3. The summed E-state index contributed by atoms with van der Waals surface area (Å²) in [5.41, 5.74) is 4.73. The highest BCUT2D eigenvalue weighted by Crippen LogP contribution is 2.28. The summed E-state index contributed by atoms with van der Waals surface area (Å²) in [6.45, 7) is 1.84. The molecule has 0 saturated heterocycles. The second kappa shape index (κ2) is 9.80. The van der Waals surface area contributed by atoms with E-state index in [1.165, 1.54) is 19.5 Å². The fraction of sp³-hybridized carbons (Fsp3) is 0.0909. The van der Waals surface area contributed by atoms with Crippen LogP contribution in [0.5, 0.6) is 11.5 Å². The third-order valence-electron chi connectivity index (χ3n) is 4.02. The fourth-order valence-corrected chi connectivity index (χ4v) is 2.69. The van der Waals surface area contributed by atoms with Crippen LogP contribution >= 0.6 is 15.9 Å². The van der Waals surface area contributed by atoms with Crippen LogP contribution in [0, 0.1) is 6.92 Å². The number of nitrogens with one attached hydrogen (secondary N) is 1. The molecule has 8 heteroatoms. The summed E-state index contributed by atoms with van der Waals surface area (Å²) in [6.07, 6.45) is 2.94. The van der Waals surface area contributed by atoms with Crippen LogP contribution in [-0.4, -0.2) is 30.2 Å². The number of aromatic nitrogens is 1. The van der Waals surface area contributed by atoms with Gasteiger partial charge >= 0.3 is 5.97 Å². The maximum absolute atomic E-state index is 12.3. The van der Waals surface area contributed by atoms with Crippen molar-refractivity contribution >= 4 is 34.0 Å². The molecule has 0 bridgehead atoms. The molecule has 0 aliphatic heterocycles. The van der Waals surface area contributed by atoms with Crippen molar-refractivity contribution in [2.24, 2.45) is 5.10 Å². The van der Waals surface area contributed by atoms with E-state index in [0.717, 1.165) is 10.2 Å². The molecular weight excluding hydrogens is 450 g/mol. The van der Waals surface area contributed by atoms with Crippen molar-refractivity contribution < 1.29 is 19.1 Å². The van der Waals surface area contributed by atoms with Crippen molar-refractivity contribution in [1.82, 2.24) is 10.4 Å². The topological polar surface area (TPSA) is 89.9 Å². The minimum Gasteiger partial charge on any atom is -0.493 e. The standard InChI is InChI=1S/C22H18BrN3O4/c1-14-3-5-17(13-24-14)21(27)26-25-12-15-4-10-19(20(11-15)29-2)30-22(28)16-6-8-18(23)9-7-16/h3-13H,1-2H3,(H,26,27)/b25-12-.